The molecule has 1 saturated heterocycles. The van der Waals surface area contributed by atoms with Crippen LogP contribution in [0.5, 0.6) is 0 Å². The first-order valence-electron chi connectivity index (χ1n) is 5.67. The molecule has 1 aliphatic heterocycles. The molecular weight excluding hydrogens is 220 g/mol. The molecule has 0 aliphatic carbocycles. The van der Waals surface area contributed by atoms with Crippen molar-refractivity contribution in [3.05, 3.63) is 18.5 Å². The molecular formula is C11H16N4O2. The highest BCUT2D eigenvalue weighted by Gasteiger charge is 2.22. The summed E-state index contributed by atoms with van der Waals surface area (Å²) in [5, 5.41) is 4.00. The van der Waals surface area contributed by atoms with Crippen LogP contribution in [-0.4, -0.2) is 57.6 Å². The fourth-order valence-corrected chi connectivity index (χ4v) is 1.90. The lowest BCUT2D eigenvalue weighted by Crippen LogP contribution is -2.50. The van der Waals surface area contributed by atoms with Crippen molar-refractivity contribution in [3.63, 3.8) is 0 Å². The average Bonchev–Trinajstić information content (AvgIpc) is 2.82. The van der Waals surface area contributed by atoms with Crippen LogP contribution in [0.15, 0.2) is 18.5 Å². The van der Waals surface area contributed by atoms with Crippen molar-refractivity contribution < 1.29 is 9.59 Å². The third kappa shape index (κ3) is 2.83. The lowest BCUT2D eigenvalue weighted by molar-refractivity contribution is -0.138. The van der Waals surface area contributed by atoms with Crippen molar-refractivity contribution in [3.8, 4) is 0 Å². The van der Waals surface area contributed by atoms with Crippen LogP contribution in [0.2, 0.25) is 0 Å². The third-order valence-corrected chi connectivity index (χ3v) is 2.93. The number of aromatic nitrogens is 2. The standard InChI is InChI=1S/C11H16N4O2/c1-10(16)13-5-7-14(8-6-13)11(17)9-15-4-2-3-12-15/h2-4H,5-9H2,1H3. The Kier molecular flexibility index (Phi) is 3.41. The van der Waals surface area contributed by atoms with Crippen molar-refractivity contribution in [2.75, 3.05) is 26.2 Å². The van der Waals surface area contributed by atoms with Crippen LogP contribution in [0.25, 0.3) is 0 Å². The molecule has 0 bridgehead atoms. The van der Waals surface area contributed by atoms with Gasteiger partial charge in [-0.15, -0.1) is 0 Å². The van der Waals surface area contributed by atoms with Crippen LogP contribution in [0, 0.1) is 0 Å². The maximum absolute atomic E-state index is 11.9. The summed E-state index contributed by atoms with van der Waals surface area (Å²) < 4.78 is 1.61. The quantitative estimate of drug-likeness (QED) is 0.700. The summed E-state index contributed by atoms with van der Waals surface area (Å²) in [7, 11) is 0. The van der Waals surface area contributed by atoms with E-state index in [2.05, 4.69) is 5.10 Å². The van der Waals surface area contributed by atoms with Gasteiger partial charge in [-0.3, -0.25) is 14.3 Å². The fraction of sp³-hybridized carbons (Fsp3) is 0.545. The van der Waals surface area contributed by atoms with E-state index in [1.807, 2.05) is 0 Å². The highest BCUT2D eigenvalue weighted by molar-refractivity contribution is 5.77. The highest BCUT2D eigenvalue weighted by atomic mass is 16.2. The summed E-state index contributed by atoms with van der Waals surface area (Å²) in [6, 6.07) is 1.79. The van der Waals surface area contributed by atoms with Crippen LogP contribution in [0.4, 0.5) is 0 Å². The van der Waals surface area contributed by atoms with Crippen molar-refractivity contribution >= 4 is 11.8 Å². The van der Waals surface area contributed by atoms with Crippen molar-refractivity contribution in [1.29, 1.82) is 0 Å². The van der Waals surface area contributed by atoms with Crippen molar-refractivity contribution in [2.45, 2.75) is 13.5 Å². The Balaban J connectivity index is 1.84. The lowest BCUT2D eigenvalue weighted by atomic mass is 10.3. The number of rotatable bonds is 2. The number of hydrogen-bond acceptors (Lipinski definition) is 3. The SMILES string of the molecule is CC(=O)N1CCN(C(=O)Cn2cccn2)CC1. The zero-order chi connectivity index (χ0) is 12.3. The zero-order valence-corrected chi connectivity index (χ0v) is 9.87. The van der Waals surface area contributed by atoms with Crippen LogP contribution in [-0.2, 0) is 16.1 Å². The molecule has 0 spiro atoms. The van der Waals surface area contributed by atoms with Gasteiger partial charge < -0.3 is 9.80 Å². The predicted octanol–water partition coefficient (Wildman–Crippen LogP) is -0.426. The molecule has 0 radical (unpaired) electrons. The second-order valence-corrected chi connectivity index (χ2v) is 4.09. The molecule has 0 N–H and O–H groups in total. The van der Waals surface area contributed by atoms with Crippen molar-refractivity contribution in [1.82, 2.24) is 19.6 Å². The molecule has 1 fully saturated rings. The van der Waals surface area contributed by atoms with Crippen LogP contribution < -0.4 is 0 Å². The van der Waals surface area contributed by atoms with Gasteiger partial charge in [-0.2, -0.15) is 5.10 Å². The van der Waals surface area contributed by atoms with E-state index in [0.717, 1.165) is 0 Å². The van der Waals surface area contributed by atoms with Crippen molar-refractivity contribution in [2.24, 2.45) is 0 Å². The fourth-order valence-electron chi connectivity index (χ4n) is 1.90. The molecule has 0 saturated carbocycles. The molecule has 6 heteroatoms. The minimum absolute atomic E-state index is 0.0527. The number of piperazine rings is 1. The Labute approximate surface area is 99.8 Å². The monoisotopic (exact) mass is 236 g/mol. The molecule has 92 valence electrons. The van der Waals surface area contributed by atoms with E-state index in [-0.39, 0.29) is 18.4 Å². The maximum atomic E-state index is 11.9. The number of carbonyl (C=O) groups is 2. The van der Waals surface area contributed by atoms with Crippen LogP contribution in [0.1, 0.15) is 6.92 Å². The third-order valence-electron chi connectivity index (χ3n) is 2.93. The Morgan fingerprint density at radius 3 is 2.35 bits per heavy atom. The van der Waals surface area contributed by atoms with Gasteiger partial charge in [0.15, 0.2) is 0 Å². The first-order valence-corrected chi connectivity index (χ1v) is 5.67. The normalized spacial score (nSPS) is 16.1. The minimum Gasteiger partial charge on any atom is -0.339 e. The summed E-state index contributed by atoms with van der Waals surface area (Å²) in [5.74, 6) is 0.126. The summed E-state index contributed by atoms with van der Waals surface area (Å²) >= 11 is 0. The van der Waals surface area contributed by atoms with E-state index >= 15 is 0 Å². The topological polar surface area (TPSA) is 58.4 Å². The Morgan fingerprint density at radius 1 is 1.18 bits per heavy atom. The molecule has 17 heavy (non-hydrogen) atoms. The van der Waals surface area contributed by atoms with Crippen LogP contribution in [0.3, 0.4) is 0 Å². The lowest BCUT2D eigenvalue weighted by Gasteiger charge is -2.34. The molecule has 2 rings (SSSR count). The Hall–Kier alpha value is -1.85. The van der Waals surface area contributed by atoms with Crippen LogP contribution >= 0.6 is 0 Å². The number of carbonyl (C=O) groups excluding carboxylic acids is 2. The average molecular weight is 236 g/mol. The molecule has 0 atom stereocenters. The van der Waals surface area contributed by atoms with Gasteiger partial charge in [0.1, 0.15) is 6.54 Å². The zero-order valence-electron chi connectivity index (χ0n) is 9.87. The Bertz CT molecular complexity index is 394. The van der Waals surface area contributed by atoms with Gasteiger partial charge in [-0.1, -0.05) is 0 Å². The van der Waals surface area contributed by atoms with Gasteiger partial charge in [0.05, 0.1) is 0 Å². The molecule has 1 aromatic heterocycles. The molecule has 1 aromatic rings. The van der Waals surface area contributed by atoms with Gasteiger partial charge in [0.2, 0.25) is 11.8 Å². The molecule has 0 aromatic carbocycles. The molecule has 2 heterocycles. The minimum atomic E-state index is 0.0527. The second kappa shape index (κ2) is 4.99. The van der Waals surface area contributed by atoms with E-state index in [4.69, 9.17) is 0 Å². The first kappa shape index (κ1) is 11.6. The van der Waals surface area contributed by atoms with Gasteiger partial charge in [0, 0.05) is 45.5 Å². The molecule has 1 aliphatic rings. The highest BCUT2D eigenvalue weighted by Crippen LogP contribution is 2.03. The van der Waals surface area contributed by atoms with Gasteiger partial charge in [-0.05, 0) is 6.07 Å². The number of amides is 2. The second-order valence-electron chi connectivity index (χ2n) is 4.09. The van der Waals surface area contributed by atoms with E-state index in [0.29, 0.717) is 26.2 Å². The summed E-state index contributed by atoms with van der Waals surface area (Å²) in [4.78, 5) is 26.6. The van der Waals surface area contributed by atoms with E-state index in [9.17, 15) is 9.59 Å². The maximum Gasteiger partial charge on any atom is 0.244 e. The van der Waals surface area contributed by atoms with Gasteiger partial charge in [-0.25, -0.2) is 0 Å². The molecule has 0 unspecified atom stereocenters. The largest absolute Gasteiger partial charge is 0.339 e. The number of hydrogen-bond donors (Lipinski definition) is 0. The predicted molar refractivity (Wildman–Crippen MR) is 61.1 cm³/mol. The number of nitrogens with zero attached hydrogens (tertiary/aromatic N) is 4. The smallest absolute Gasteiger partial charge is 0.244 e. The molecule has 6 nitrogen and oxygen atoms in total. The first-order chi connectivity index (χ1) is 8.16. The van der Waals surface area contributed by atoms with Gasteiger partial charge in [0.25, 0.3) is 0 Å². The molecule has 2 amide bonds. The summed E-state index contributed by atoms with van der Waals surface area (Å²) in [6.45, 7) is 4.30. The van der Waals surface area contributed by atoms with E-state index in [1.54, 1.807) is 39.9 Å². The Morgan fingerprint density at radius 2 is 1.82 bits per heavy atom. The summed E-state index contributed by atoms with van der Waals surface area (Å²) in [5.41, 5.74) is 0. The van der Waals surface area contributed by atoms with E-state index < -0.39 is 0 Å². The van der Waals surface area contributed by atoms with E-state index in [1.165, 1.54) is 0 Å². The van der Waals surface area contributed by atoms with Gasteiger partial charge >= 0.3 is 0 Å². The summed E-state index contributed by atoms with van der Waals surface area (Å²) in [6.07, 6.45) is 3.42.